The highest BCUT2D eigenvalue weighted by Gasteiger charge is 2.16. The Morgan fingerprint density at radius 2 is 2.11 bits per heavy atom. The summed E-state index contributed by atoms with van der Waals surface area (Å²) >= 11 is 0. The summed E-state index contributed by atoms with van der Waals surface area (Å²) in [5.41, 5.74) is 6.50. The molecule has 148 valence electrons. The van der Waals surface area contributed by atoms with Crippen molar-refractivity contribution >= 4 is 5.91 Å². The molecule has 0 aliphatic carbocycles. The maximum absolute atomic E-state index is 11.7. The highest BCUT2D eigenvalue weighted by Crippen LogP contribution is 2.30. The zero-order chi connectivity index (χ0) is 19.8. The van der Waals surface area contributed by atoms with Crippen LogP contribution in [0.2, 0.25) is 0 Å². The Labute approximate surface area is 159 Å². The van der Waals surface area contributed by atoms with Crippen LogP contribution < -0.4 is 15.8 Å². The smallest absolute Gasteiger partial charge is 0.237 e. The Hall–Kier alpha value is -2.61. The number of nitrogens with one attached hydrogen (secondary N) is 1. The maximum Gasteiger partial charge on any atom is 0.237 e. The molecule has 0 aliphatic rings. The molecule has 8 heteroatoms. The van der Waals surface area contributed by atoms with Crippen LogP contribution in [-0.2, 0) is 11.2 Å². The van der Waals surface area contributed by atoms with Crippen LogP contribution in [-0.4, -0.2) is 40.9 Å². The van der Waals surface area contributed by atoms with E-state index in [1.807, 2.05) is 13.8 Å². The van der Waals surface area contributed by atoms with Crippen molar-refractivity contribution in [3.05, 3.63) is 24.1 Å². The zero-order valence-corrected chi connectivity index (χ0v) is 16.1. The van der Waals surface area contributed by atoms with Crippen molar-refractivity contribution in [2.24, 2.45) is 11.7 Å². The second-order valence-corrected chi connectivity index (χ2v) is 6.77. The lowest BCUT2D eigenvalue weighted by Crippen LogP contribution is -2.44. The third kappa shape index (κ3) is 5.96. The molecule has 0 saturated carbocycles. The molecule has 4 N–H and O–H groups in total. The fourth-order valence-electron chi connectivity index (χ4n) is 2.50. The van der Waals surface area contributed by atoms with E-state index < -0.39 is 6.04 Å². The molecule has 27 heavy (non-hydrogen) atoms. The summed E-state index contributed by atoms with van der Waals surface area (Å²) in [7, 11) is 1.49. The van der Waals surface area contributed by atoms with Crippen molar-refractivity contribution < 1.29 is 19.2 Å². The summed E-state index contributed by atoms with van der Waals surface area (Å²) in [6.45, 7) is 4.47. The number of rotatable bonds is 10. The molecule has 0 unspecified atom stereocenters. The van der Waals surface area contributed by atoms with Crippen molar-refractivity contribution in [1.82, 2.24) is 15.5 Å². The first-order chi connectivity index (χ1) is 12.9. The van der Waals surface area contributed by atoms with Gasteiger partial charge in [0.05, 0.1) is 13.2 Å². The predicted molar refractivity (Wildman–Crippen MR) is 101 cm³/mol. The first-order valence-corrected chi connectivity index (χ1v) is 9.15. The number of hydrogen-bond acceptors (Lipinski definition) is 7. The number of phenols is 1. The van der Waals surface area contributed by atoms with Gasteiger partial charge in [-0.3, -0.25) is 4.79 Å². The van der Waals surface area contributed by atoms with Gasteiger partial charge >= 0.3 is 0 Å². The molecule has 1 atom stereocenters. The quantitative estimate of drug-likeness (QED) is 0.543. The number of aromatic hydroxyl groups is 1. The van der Waals surface area contributed by atoms with Crippen molar-refractivity contribution in [3.63, 3.8) is 0 Å². The Morgan fingerprint density at radius 3 is 2.81 bits per heavy atom. The Bertz CT molecular complexity index is 745. The van der Waals surface area contributed by atoms with E-state index in [1.54, 1.807) is 12.1 Å². The Balaban J connectivity index is 1.73. The van der Waals surface area contributed by atoms with Gasteiger partial charge in [-0.05, 0) is 37.0 Å². The van der Waals surface area contributed by atoms with Gasteiger partial charge in [-0.15, -0.1) is 0 Å². The number of hydrogen-bond donors (Lipinski definition) is 3. The van der Waals surface area contributed by atoms with Gasteiger partial charge in [0.1, 0.15) is 0 Å². The number of aryl methyl sites for hydroxylation is 1. The van der Waals surface area contributed by atoms with Crippen LogP contribution in [0.5, 0.6) is 11.5 Å². The van der Waals surface area contributed by atoms with Crippen LogP contribution in [0.25, 0.3) is 11.4 Å². The van der Waals surface area contributed by atoms with Crippen LogP contribution in [0.3, 0.4) is 0 Å². The largest absolute Gasteiger partial charge is 0.504 e. The van der Waals surface area contributed by atoms with E-state index in [2.05, 4.69) is 15.5 Å². The van der Waals surface area contributed by atoms with Gasteiger partial charge in [0.15, 0.2) is 11.5 Å². The van der Waals surface area contributed by atoms with E-state index in [-0.39, 0.29) is 17.6 Å². The first kappa shape index (κ1) is 20.7. The molecule has 0 spiro atoms. The minimum atomic E-state index is -0.458. The molecule has 0 radical (unpaired) electrons. The third-order valence-electron chi connectivity index (χ3n) is 4.29. The third-order valence-corrected chi connectivity index (χ3v) is 4.29. The van der Waals surface area contributed by atoms with E-state index in [4.69, 9.17) is 15.0 Å². The maximum atomic E-state index is 11.7. The van der Waals surface area contributed by atoms with Crippen LogP contribution in [0.4, 0.5) is 0 Å². The number of ether oxygens (including phenoxy) is 1. The van der Waals surface area contributed by atoms with E-state index in [9.17, 15) is 9.90 Å². The van der Waals surface area contributed by atoms with Gasteiger partial charge in [-0.25, -0.2) is 0 Å². The summed E-state index contributed by atoms with van der Waals surface area (Å²) in [6, 6.07) is 4.44. The van der Waals surface area contributed by atoms with Gasteiger partial charge in [0.2, 0.25) is 17.6 Å². The number of methoxy groups -OCH3 is 1. The van der Waals surface area contributed by atoms with Crippen molar-refractivity contribution in [2.45, 2.75) is 45.6 Å². The molecule has 2 aromatic rings. The average Bonchev–Trinajstić information content (AvgIpc) is 3.12. The van der Waals surface area contributed by atoms with E-state index in [1.165, 1.54) is 13.2 Å². The monoisotopic (exact) mass is 376 g/mol. The molecule has 8 nitrogen and oxygen atoms in total. The lowest BCUT2D eigenvalue weighted by Gasteiger charge is -2.15. The second kappa shape index (κ2) is 9.91. The number of phenolic OH excluding ortho intramolecular Hbond substituents is 1. The molecular formula is C19H28N4O4. The molecule has 0 fully saturated rings. The highest BCUT2D eigenvalue weighted by atomic mass is 16.5. The van der Waals surface area contributed by atoms with Crippen molar-refractivity contribution in [1.29, 1.82) is 0 Å². The first-order valence-electron chi connectivity index (χ1n) is 9.15. The Morgan fingerprint density at radius 1 is 1.33 bits per heavy atom. The van der Waals surface area contributed by atoms with E-state index >= 15 is 0 Å². The number of unbranched alkanes of at least 4 members (excludes halogenated alkanes) is 2. The number of benzene rings is 1. The molecule has 0 bridgehead atoms. The summed E-state index contributed by atoms with van der Waals surface area (Å²) in [5.74, 6) is 1.46. The van der Waals surface area contributed by atoms with Gasteiger partial charge in [-0.1, -0.05) is 25.4 Å². The molecule has 1 heterocycles. The Kier molecular flexibility index (Phi) is 7.60. The van der Waals surface area contributed by atoms with Crippen molar-refractivity contribution in [2.75, 3.05) is 13.7 Å². The van der Waals surface area contributed by atoms with Gasteiger partial charge in [-0.2, -0.15) is 4.98 Å². The average molecular weight is 376 g/mol. The summed E-state index contributed by atoms with van der Waals surface area (Å²) < 4.78 is 10.4. The fraction of sp³-hybridized carbons (Fsp3) is 0.526. The lowest BCUT2D eigenvalue weighted by molar-refractivity contribution is -0.123. The number of aromatic nitrogens is 2. The van der Waals surface area contributed by atoms with Gasteiger partial charge in [0.25, 0.3) is 0 Å². The minimum absolute atomic E-state index is 0.0615. The number of carbonyl (C=O) groups is 1. The lowest BCUT2D eigenvalue weighted by atomic mass is 10.1. The van der Waals surface area contributed by atoms with Crippen molar-refractivity contribution in [3.8, 4) is 22.9 Å². The van der Waals surface area contributed by atoms with Crippen LogP contribution in [0.1, 0.15) is 39.0 Å². The van der Waals surface area contributed by atoms with Crippen LogP contribution in [0, 0.1) is 5.92 Å². The van der Waals surface area contributed by atoms with Gasteiger partial charge in [0, 0.05) is 18.5 Å². The van der Waals surface area contributed by atoms with Crippen LogP contribution in [0.15, 0.2) is 22.7 Å². The SMILES string of the molecule is COc1cc(-c2noc(CCCCCNC(=O)[C@@H](N)C(C)C)n2)ccc1O. The summed E-state index contributed by atoms with van der Waals surface area (Å²) in [5, 5.41) is 16.5. The molecule has 2 rings (SSSR count). The minimum Gasteiger partial charge on any atom is -0.504 e. The molecule has 1 aromatic heterocycles. The molecule has 1 amide bonds. The molecule has 0 aliphatic heterocycles. The predicted octanol–water partition coefficient (Wildman–Crippen LogP) is 2.26. The fourth-order valence-corrected chi connectivity index (χ4v) is 2.50. The van der Waals surface area contributed by atoms with Crippen LogP contribution >= 0.6 is 0 Å². The number of nitrogens with two attached hydrogens (primary N) is 1. The normalized spacial score (nSPS) is 12.2. The highest BCUT2D eigenvalue weighted by molar-refractivity contribution is 5.81. The van der Waals surface area contributed by atoms with E-state index in [0.717, 1.165) is 19.3 Å². The number of carbonyl (C=O) groups excluding carboxylic acids is 1. The van der Waals surface area contributed by atoms with E-state index in [0.29, 0.717) is 36.0 Å². The molecule has 1 aromatic carbocycles. The second-order valence-electron chi connectivity index (χ2n) is 6.77. The molecule has 0 saturated heterocycles. The van der Waals surface area contributed by atoms with Gasteiger partial charge < -0.3 is 25.4 Å². The standard InChI is InChI=1S/C19H28N4O4/c1-12(2)17(20)19(25)21-10-6-4-5-7-16-22-18(23-27-16)13-8-9-14(24)15(11-13)26-3/h8-9,11-12,17,24H,4-7,10,20H2,1-3H3,(H,21,25)/t17-/m0/s1. The number of amides is 1. The summed E-state index contributed by atoms with van der Waals surface area (Å²) in [6.07, 6.45) is 3.35. The topological polar surface area (TPSA) is 124 Å². The number of nitrogens with zero attached hydrogens (tertiary/aromatic N) is 2. The zero-order valence-electron chi connectivity index (χ0n) is 16.1. The summed E-state index contributed by atoms with van der Waals surface area (Å²) in [4.78, 5) is 16.1. The molecular weight excluding hydrogens is 348 g/mol.